The van der Waals surface area contributed by atoms with Crippen LogP contribution in [0, 0.1) is 0 Å². The molecule has 2 saturated heterocycles. The molecular formula is C71H135NO13. The van der Waals surface area contributed by atoms with Gasteiger partial charge in [-0.25, -0.2) is 0 Å². The summed E-state index contributed by atoms with van der Waals surface area (Å²) < 4.78 is 22.9. The molecule has 0 spiro atoms. The molecule has 0 aromatic carbocycles. The van der Waals surface area contributed by atoms with Crippen molar-refractivity contribution in [1.29, 1.82) is 0 Å². The molecule has 85 heavy (non-hydrogen) atoms. The average Bonchev–Trinajstić information content (AvgIpc) is 3.70. The molecule has 2 aliphatic rings. The van der Waals surface area contributed by atoms with Crippen LogP contribution in [0.5, 0.6) is 0 Å². The number of nitrogens with one attached hydrogen (secondary N) is 1. The lowest BCUT2D eigenvalue weighted by Crippen LogP contribution is -2.65. The van der Waals surface area contributed by atoms with Crippen molar-refractivity contribution in [2.24, 2.45) is 0 Å². The number of aliphatic hydroxyl groups excluding tert-OH is 8. The van der Waals surface area contributed by atoms with Gasteiger partial charge in [0, 0.05) is 6.42 Å². The van der Waals surface area contributed by atoms with E-state index < -0.39 is 86.8 Å². The molecule has 0 radical (unpaired) electrons. The highest BCUT2D eigenvalue weighted by Crippen LogP contribution is 2.30. The van der Waals surface area contributed by atoms with Gasteiger partial charge in [0.1, 0.15) is 48.8 Å². The maximum Gasteiger partial charge on any atom is 0.220 e. The molecule has 2 rings (SSSR count). The number of rotatable bonds is 60. The summed E-state index contributed by atoms with van der Waals surface area (Å²) >= 11 is 0. The molecular weight excluding hydrogens is 1070 g/mol. The third-order valence-corrected chi connectivity index (χ3v) is 17.9. The number of hydrogen-bond acceptors (Lipinski definition) is 13. The van der Waals surface area contributed by atoms with Crippen LogP contribution in [0.4, 0.5) is 0 Å². The van der Waals surface area contributed by atoms with E-state index in [-0.39, 0.29) is 18.9 Å². The van der Waals surface area contributed by atoms with Crippen molar-refractivity contribution in [1.82, 2.24) is 5.32 Å². The van der Waals surface area contributed by atoms with Gasteiger partial charge in [0.25, 0.3) is 0 Å². The Kier molecular flexibility index (Phi) is 52.8. The zero-order chi connectivity index (χ0) is 61.6. The van der Waals surface area contributed by atoms with Crippen molar-refractivity contribution < 1.29 is 64.6 Å². The van der Waals surface area contributed by atoms with Gasteiger partial charge in [-0.3, -0.25) is 4.79 Å². The number of amides is 1. The van der Waals surface area contributed by atoms with Crippen LogP contribution in [0.1, 0.15) is 328 Å². The lowest BCUT2D eigenvalue weighted by atomic mass is 9.97. The van der Waals surface area contributed by atoms with Crippen molar-refractivity contribution in [3.8, 4) is 0 Å². The summed E-state index contributed by atoms with van der Waals surface area (Å²) in [5, 5.41) is 87.4. The van der Waals surface area contributed by atoms with E-state index in [1.807, 2.05) is 6.08 Å². The van der Waals surface area contributed by atoms with Crippen LogP contribution in [-0.4, -0.2) is 140 Å². The highest BCUT2D eigenvalue weighted by Gasteiger charge is 2.51. The molecule has 9 N–H and O–H groups in total. The van der Waals surface area contributed by atoms with Gasteiger partial charge in [0.15, 0.2) is 12.6 Å². The molecule has 12 unspecified atom stereocenters. The van der Waals surface area contributed by atoms with Crippen LogP contribution in [-0.2, 0) is 23.7 Å². The topological polar surface area (TPSA) is 228 Å². The van der Waals surface area contributed by atoms with E-state index in [1.54, 1.807) is 6.08 Å². The highest BCUT2D eigenvalue weighted by molar-refractivity contribution is 5.76. The second kappa shape index (κ2) is 56.5. The Labute approximate surface area is 519 Å². The SMILES string of the molecule is CCCCCCCCCCCCCCCCCCCCCCCCCC/C=C/CC/C=C/C(O)C(COC1OC(CO)C(OC2OC(CO)C(O)C(O)C2O)C(O)C1O)NC(=O)CCCCCCCCCCCCCCCCCCCCCCC. The van der Waals surface area contributed by atoms with Crippen LogP contribution in [0.3, 0.4) is 0 Å². The summed E-state index contributed by atoms with van der Waals surface area (Å²) in [5.41, 5.74) is 0. The quantitative estimate of drug-likeness (QED) is 0.0204. The molecule has 502 valence electrons. The molecule has 0 aromatic heterocycles. The van der Waals surface area contributed by atoms with E-state index in [1.165, 1.54) is 263 Å². The summed E-state index contributed by atoms with van der Waals surface area (Å²) in [6, 6.07) is -0.929. The van der Waals surface area contributed by atoms with E-state index >= 15 is 0 Å². The molecule has 2 heterocycles. The minimum atomic E-state index is -1.79. The zero-order valence-electron chi connectivity index (χ0n) is 54.6. The minimum Gasteiger partial charge on any atom is -0.394 e. The first kappa shape index (κ1) is 79.6. The molecule has 14 nitrogen and oxygen atoms in total. The van der Waals surface area contributed by atoms with Crippen molar-refractivity contribution >= 4 is 5.91 Å². The zero-order valence-corrected chi connectivity index (χ0v) is 54.6. The third-order valence-electron chi connectivity index (χ3n) is 17.9. The number of hydrogen-bond donors (Lipinski definition) is 9. The molecule has 0 aromatic rings. The van der Waals surface area contributed by atoms with Crippen LogP contribution >= 0.6 is 0 Å². The fourth-order valence-electron chi connectivity index (χ4n) is 12.1. The van der Waals surface area contributed by atoms with Gasteiger partial charge in [-0.05, 0) is 32.1 Å². The van der Waals surface area contributed by atoms with Gasteiger partial charge in [-0.1, -0.05) is 314 Å². The standard InChI is InChI=1S/C71H135NO13/c1-3-5-7-9-11-13-15-17-19-21-23-25-26-27-28-29-30-31-32-33-35-36-38-40-42-44-46-48-50-52-54-60(75)59(58-82-70-68(81)66(79)69(62(57-74)84-70)85-71-67(80)65(78)64(77)61(56-73)83-71)72-63(76)55-53-51-49-47-45-43-41-39-37-34-24-22-20-18-16-14-12-10-8-6-4-2/h44,46,52,54,59-62,64-71,73-75,77-81H,3-43,45,47-51,53,55-58H2,1-2H3,(H,72,76)/b46-44+,54-52+. The van der Waals surface area contributed by atoms with Gasteiger partial charge in [-0.15, -0.1) is 0 Å². The van der Waals surface area contributed by atoms with Gasteiger partial charge in [0.05, 0.1) is 32.0 Å². The van der Waals surface area contributed by atoms with Gasteiger partial charge >= 0.3 is 0 Å². The fraction of sp³-hybridized carbons (Fsp3) is 0.930. The van der Waals surface area contributed by atoms with Crippen LogP contribution in [0.2, 0.25) is 0 Å². The third kappa shape index (κ3) is 40.8. The maximum absolute atomic E-state index is 13.3. The van der Waals surface area contributed by atoms with Crippen LogP contribution in [0.15, 0.2) is 24.3 Å². The number of ether oxygens (including phenoxy) is 4. The van der Waals surface area contributed by atoms with Crippen LogP contribution < -0.4 is 5.32 Å². The predicted octanol–water partition coefficient (Wildman–Crippen LogP) is 14.7. The molecule has 1 amide bonds. The first-order valence-electron chi connectivity index (χ1n) is 36.1. The second-order valence-electron chi connectivity index (χ2n) is 25.7. The Morgan fingerprint density at radius 1 is 0.412 bits per heavy atom. The number of allylic oxidation sites excluding steroid dienone is 3. The Bertz CT molecular complexity index is 1520. The predicted molar refractivity (Wildman–Crippen MR) is 346 cm³/mol. The number of unbranched alkanes of at least 4 members (excludes halogenated alkanes) is 45. The van der Waals surface area contributed by atoms with Gasteiger partial charge in [-0.2, -0.15) is 0 Å². The highest BCUT2D eigenvalue weighted by atomic mass is 16.7. The van der Waals surface area contributed by atoms with Crippen molar-refractivity contribution in [3.63, 3.8) is 0 Å². The van der Waals surface area contributed by atoms with Crippen LogP contribution in [0.25, 0.3) is 0 Å². The second-order valence-corrected chi connectivity index (χ2v) is 25.7. The van der Waals surface area contributed by atoms with E-state index in [0.29, 0.717) is 12.8 Å². The number of carbonyl (C=O) groups excluding carboxylic acids is 1. The van der Waals surface area contributed by atoms with E-state index in [0.717, 1.165) is 32.1 Å². The van der Waals surface area contributed by atoms with E-state index in [2.05, 4.69) is 31.3 Å². The molecule has 0 bridgehead atoms. The largest absolute Gasteiger partial charge is 0.394 e. The molecule has 0 saturated carbocycles. The Hall–Kier alpha value is -1.53. The normalized spacial score (nSPS) is 23.6. The number of aliphatic hydroxyl groups is 8. The summed E-state index contributed by atoms with van der Waals surface area (Å²) in [4.78, 5) is 13.3. The summed E-state index contributed by atoms with van der Waals surface area (Å²) in [5.74, 6) is -0.242. The Morgan fingerprint density at radius 2 is 0.753 bits per heavy atom. The lowest BCUT2D eigenvalue weighted by molar-refractivity contribution is -0.359. The first-order chi connectivity index (χ1) is 41.6. The van der Waals surface area contributed by atoms with Crippen molar-refractivity contribution in [2.75, 3.05) is 19.8 Å². The first-order valence-corrected chi connectivity index (χ1v) is 36.1. The fourth-order valence-corrected chi connectivity index (χ4v) is 12.1. The molecule has 12 atom stereocenters. The lowest BCUT2D eigenvalue weighted by Gasteiger charge is -2.46. The molecule has 2 aliphatic heterocycles. The van der Waals surface area contributed by atoms with Crippen molar-refractivity contribution in [2.45, 2.75) is 402 Å². The van der Waals surface area contributed by atoms with E-state index in [4.69, 9.17) is 18.9 Å². The van der Waals surface area contributed by atoms with Gasteiger partial charge in [0.2, 0.25) is 5.91 Å². The van der Waals surface area contributed by atoms with E-state index in [9.17, 15) is 45.6 Å². The molecule has 14 heteroatoms. The molecule has 0 aliphatic carbocycles. The summed E-state index contributed by atoms with van der Waals surface area (Å²) in [6.07, 6.45) is 53.9. The smallest absolute Gasteiger partial charge is 0.220 e. The molecule has 2 fully saturated rings. The summed E-state index contributed by atoms with van der Waals surface area (Å²) in [7, 11) is 0. The van der Waals surface area contributed by atoms with Crippen molar-refractivity contribution in [3.05, 3.63) is 24.3 Å². The summed E-state index contributed by atoms with van der Waals surface area (Å²) in [6.45, 7) is 2.84. The average molecular weight is 1210 g/mol. The minimum absolute atomic E-state index is 0.242. The van der Waals surface area contributed by atoms with Gasteiger partial charge < -0.3 is 65.1 Å². The monoisotopic (exact) mass is 1210 g/mol. The number of carbonyl (C=O) groups is 1. The Morgan fingerprint density at radius 3 is 1.15 bits per heavy atom. The maximum atomic E-state index is 13.3. The Balaban J connectivity index is 1.68.